The van der Waals surface area contributed by atoms with Crippen LogP contribution >= 0.6 is 17.0 Å². The number of rotatable bonds is 6. The first-order chi connectivity index (χ1) is 11.2. The van der Waals surface area contributed by atoms with E-state index in [9.17, 15) is 8.42 Å². The van der Waals surface area contributed by atoms with Gasteiger partial charge in [0.25, 0.3) is 0 Å². The summed E-state index contributed by atoms with van der Waals surface area (Å²) in [6.45, 7) is 5.62. The molecule has 140 valence electrons. The molecule has 0 aliphatic carbocycles. The molecule has 0 saturated carbocycles. The molecule has 0 spiro atoms. The van der Waals surface area contributed by atoms with Crippen molar-refractivity contribution >= 4 is 38.7 Å². The molecule has 1 aromatic rings. The lowest BCUT2D eigenvalue weighted by atomic mass is 10.2. The van der Waals surface area contributed by atoms with E-state index in [0.29, 0.717) is 11.3 Å². The highest BCUT2D eigenvalue weighted by Gasteiger charge is 2.33. The molecule has 0 atom stereocenters. The first-order valence-corrected chi connectivity index (χ1v) is 9.25. The van der Waals surface area contributed by atoms with E-state index in [-0.39, 0.29) is 41.3 Å². The lowest BCUT2D eigenvalue weighted by Crippen LogP contribution is -2.53. The number of nitrogens with two attached hydrogens (primary N) is 2. The van der Waals surface area contributed by atoms with E-state index >= 15 is 0 Å². The van der Waals surface area contributed by atoms with Gasteiger partial charge >= 0.3 is 0 Å². The van der Waals surface area contributed by atoms with Crippen LogP contribution in [0.15, 0.2) is 39.1 Å². The summed E-state index contributed by atoms with van der Waals surface area (Å²) in [7, 11) is -3.22. The van der Waals surface area contributed by atoms with E-state index in [1.807, 2.05) is 6.92 Å². The van der Waals surface area contributed by atoms with Crippen molar-refractivity contribution in [3.63, 3.8) is 0 Å². The molecule has 1 aliphatic rings. The molecule has 0 aromatic heterocycles. The number of nitrogens with zero attached hydrogens (tertiary/aromatic N) is 3. The molecular weight excluding hydrogens is 410 g/mol. The highest BCUT2D eigenvalue weighted by molar-refractivity contribution is 8.93. The Labute approximate surface area is 158 Å². The van der Waals surface area contributed by atoms with Crippen molar-refractivity contribution in [3.05, 3.63) is 29.8 Å². The van der Waals surface area contributed by atoms with E-state index < -0.39 is 15.5 Å². The summed E-state index contributed by atoms with van der Waals surface area (Å²) < 4.78 is 24.0. The molecule has 1 aromatic carbocycles. The summed E-state index contributed by atoms with van der Waals surface area (Å²) in [5, 5.41) is 1.38. The zero-order chi connectivity index (χ0) is 18.0. The average molecular weight is 434 g/mol. The molecule has 2 rings (SSSR count). The van der Waals surface area contributed by atoms with Gasteiger partial charge in [-0.2, -0.15) is 10.1 Å². The maximum absolute atomic E-state index is 12.0. The van der Waals surface area contributed by atoms with Gasteiger partial charge in [-0.25, -0.2) is 13.4 Å². The van der Waals surface area contributed by atoms with Gasteiger partial charge in [0, 0.05) is 0 Å². The van der Waals surface area contributed by atoms with Crippen LogP contribution in [0.25, 0.3) is 0 Å². The molecule has 1 heterocycles. The fourth-order valence-corrected chi connectivity index (χ4v) is 3.66. The Morgan fingerprint density at radius 2 is 1.80 bits per heavy atom. The number of hydrogen-bond acceptors (Lipinski definition) is 8. The van der Waals surface area contributed by atoms with Crippen molar-refractivity contribution < 1.29 is 13.3 Å². The fourth-order valence-electron chi connectivity index (χ4n) is 2.34. The van der Waals surface area contributed by atoms with E-state index in [4.69, 9.17) is 16.3 Å². The SMILES string of the molecule is Br.CCCS(=O)(=O)c1ccc(CON2C(N)=NC(N)=NC2(C)C)cc1. The second-order valence-electron chi connectivity index (χ2n) is 5.97. The number of guanidine groups is 2. The van der Waals surface area contributed by atoms with Gasteiger partial charge in [0.1, 0.15) is 6.61 Å². The van der Waals surface area contributed by atoms with Gasteiger partial charge in [-0.05, 0) is 38.0 Å². The number of benzene rings is 1. The van der Waals surface area contributed by atoms with Gasteiger partial charge in [0.2, 0.25) is 11.9 Å². The monoisotopic (exact) mass is 433 g/mol. The van der Waals surface area contributed by atoms with Crippen LogP contribution in [0.3, 0.4) is 0 Å². The van der Waals surface area contributed by atoms with Crippen LogP contribution in [-0.4, -0.2) is 36.8 Å². The highest BCUT2D eigenvalue weighted by atomic mass is 79.9. The van der Waals surface area contributed by atoms with Crippen LogP contribution in [0.2, 0.25) is 0 Å². The summed E-state index contributed by atoms with van der Waals surface area (Å²) in [4.78, 5) is 14.1. The summed E-state index contributed by atoms with van der Waals surface area (Å²) >= 11 is 0. The highest BCUT2D eigenvalue weighted by Crippen LogP contribution is 2.21. The van der Waals surface area contributed by atoms with Crippen LogP contribution in [0.5, 0.6) is 0 Å². The lowest BCUT2D eigenvalue weighted by Gasteiger charge is -2.36. The largest absolute Gasteiger partial charge is 0.368 e. The Morgan fingerprint density at radius 1 is 1.20 bits per heavy atom. The van der Waals surface area contributed by atoms with Gasteiger partial charge in [-0.1, -0.05) is 19.1 Å². The van der Waals surface area contributed by atoms with Gasteiger partial charge in [0.15, 0.2) is 15.5 Å². The maximum atomic E-state index is 12.0. The van der Waals surface area contributed by atoms with Crippen molar-refractivity contribution in [2.75, 3.05) is 5.75 Å². The van der Waals surface area contributed by atoms with Crippen molar-refractivity contribution in [3.8, 4) is 0 Å². The van der Waals surface area contributed by atoms with Crippen LogP contribution in [0, 0.1) is 0 Å². The summed E-state index contributed by atoms with van der Waals surface area (Å²) in [5.74, 6) is 0.356. The van der Waals surface area contributed by atoms with Crippen LogP contribution in [-0.2, 0) is 21.3 Å². The average Bonchev–Trinajstić information content (AvgIpc) is 2.45. The van der Waals surface area contributed by atoms with Gasteiger partial charge in [-0.3, -0.25) is 4.84 Å². The molecule has 10 heteroatoms. The van der Waals surface area contributed by atoms with Gasteiger partial charge < -0.3 is 11.5 Å². The standard InChI is InChI=1S/C15H23N5O3S.BrH/c1-4-9-24(21,22)12-7-5-11(6-8-12)10-23-20-14(17)18-13(16)19-15(20,2)3;/h5-8H,4,9-10H2,1-3H3,(H4,16,17,18,19);1H. The number of aliphatic imine (C=N–C) groups is 2. The molecule has 0 fully saturated rings. The smallest absolute Gasteiger partial charge is 0.226 e. The molecule has 8 nitrogen and oxygen atoms in total. The third kappa shape index (κ3) is 5.16. The Morgan fingerprint density at radius 3 is 2.32 bits per heavy atom. The summed E-state index contributed by atoms with van der Waals surface area (Å²) in [5.41, 5.74) is 11.5. The molecule has 25 heavy (non-hydrogen) atoms. The van der Waals surface area contributed by atoms with Crippen LogP contribution < -0.4 is 11.5 Å². The molecule has 0 bridgehead atoms. The Hall–Kier alpha value is -1.65. The van der Waals surface area contributed by atoms with E-state index in [2.05, 4.69) is 9.98 Å². The molecule has 0 saturated heterocycles. The number of halogens is 1. The predicted molar refractivity (Wildman–Crippen MR) is 103 cm³/mol. The van der Waals surface area contributed by atoms with Crippen LogP contribution in [0.1, 0.15) is 32.8 Å². The van der Waals surface area contributed by atoms with Crippen molar-refractivity contribution in [1.82, 2.24) is 5.06 Å². The van der Waals surface area contributed by atoms with E-state index in [0.717, 1.165) is 5.56 Å². The molecule has 4 N–H and O–H groups in total. The summed E-state index contributed by atoms with van der Waals surface area (Å²) in [6, 6.07) is 6.59. The third-order valence-corrected chi connectivity index (χ3v) is 5.37. The maximum Gasteiger partial charge on any atom is 0.226 e. The van der Waals surface area contributed by atoms with E-state index in [1.165, 1.54) is 5.06 Å². The first-order valence-electron chi connectivity index (χ1n) is 7.60. The second-order valence-corrected chi connectivity index (χ2v) is 8.07. The minimum absolute atomic E-state index is 0. The van der Waals surface area contributed by atoms with Gasteiger partial charge in [-0.15, -0.1) is 17.0 Å². The molecule has 1 aliphatic heterocycles. The normalized spacial score (nSPS) is 16.7. The van der Waals surface area contributed by atoms with Gasteiger partial charge in [0.05, 0.1) is 10.6 Å². The van der Waals surface area contributed by atoms with E-state index in [1.54, 1.807) is 38.1 Å². The number of hydrogen-bond donors (Lipinski definition) is 2. The minimum Gasteiger partial charge on any atom is -0.368 e. The third-order valence-electron chi connectivity index (χ3n) is 3.44. The number of hydroxylamine groups is 2. The number of sulfone groups is 1. The van der Waals surface area contributed by atoms with Crippen molar-refractivity contribution in [2.24, 2.45) is 21.5 Å². The topological polar surface area (TPSA) is 123 Å². The zero-order valence-electron chi connectivity index (χ0n) is 14.5. The zero-order valence-corrected chi connectivity index (χ0v) is 17.0. The minimum atomic E-state index is -3.22. The summed E-state index contributed by atoms with van der Waals surface area (Å²) in [6.07, 6.45) is 0.583. The Balaban J connectivity index is 0.00000312. The Kier molecular flexibility index (Phi) is 6.98. The molecule has 0 amide bonds. The molecular formula is C15H24BrN5O3S. The lowest BCUT2D eigenvalue weighted by molar-refractivity contribution is -0.166. The quantitative estimate of drug-likeness (QED) is 0.701. The molecule has 0 unspecified atom stereocenters. The Bertz CT molecular complexity index is 760. The molecule has 0 radical (unpaired) electrons. The van der Waals surface area contributed by atoms with Crippen molar-refractivity contribution in [2.45, 2.75) is 44.4 Å². The predicted octanol–water partition coefficient (Wildman–Crippen LogP) is 1.56. The van der Waals surface area contributed by atoms with Crippen molar-refractivity contribution in [1.29, 1.82) is 0 Å². The first kappa shape index (κ1) is 21.4. The second kappa shape index (κ2) is 8.15. The van der Waals surface area contributed by atoms with Crippen LogP contribution in [0.4, 0.5) is 0 Å². The fraction of sp³-hybridized carbons (Fsp3) is 0.467.